The standard InChI is InChI=1S/C14H23NO3/c16-13(6-3-7-14(17)18)12-9-8-10-4-1-2-5-11(10)15-12/h10-12,15H,1-9H2,(H,17,18). The van der Waals surface area contributed by atoms with Crippen molar-refractivity contribution in [2.24, 2.45) is 5.92 Å². The Morgan fingerprint density at radius 3 is 2.61 bits per heavy atom. The van der Waals surface area contributed by atoms with Gasteiger partial charge in [-0.15, -0.1) is 0 Å². The van der Waals surface area contributed by atoms with E-state index in [-0.39, 0.29) is 18.2 Å². The molecule has 1 saturated heterocycles. The smallest absolute Gasteiger partial charge is 0.303 e. The number of Topliss-reactive ketones (excluding diaryl/α,β-unsaturated/α-hetero) is 1. The van der Waals surface area contributed by atoms with E-state index in [0.29, 0.717) is 18.9 Å². The Labute approximate surface area is 108 Å². The van der Waals surface area contributed by atoms with Crippen molar-refractivity contribution < 1.29 is 14.7 Å². The third kappa shape index (κ3) is 3.55. The van der Waals surface area contributed by atoms with Crippen LogP contribution < -0.4 is 5.32 Å². The molecule has 18 heavy (non-hydrogen) atoms. The summed E-state index contributed by atoms with van der Waals surface area (Å²) in [6.45, 7) is 0. The van der Waals surface area contributed by atoms with E-state index in [4.69, 9.17) is 5.11 Å². The molecule has 0 radical (unpaired) electrons. The first-order valence-corrected chi connectivity index (χ1v) is 7.17. The molecule has 4 heteroatoms. The topological polar surface area (TPSA) is 66.4 Å². The molecule has 0 aromatic rings. The van der Waals surface area contributed by atoms with Gasteiger partial charge in [-0.2, -0.15) is 0 Å². The number of carbonyl (C=O) groups is 2. The minimum atomic E-state index is -0.813. The van der Waals surface area contributed by atoms with E-state index in [1.165, 1.54) is 25.7 Å². The van der Waals surface area contributed by atoms with Crippen LogP contribution >= 0.6 is 0 Å². The summed E-state index contributed by atoms with van der Waals surface area (Å²) in [6, 6.07) is 0.513. The number of rotatable bonds is 5. The first-order chi connectivity index (χ1) is 8.66. The Bertz CT molecular complexity index is 316. The summed E-state index contributed by atoms with van der Waals surface area (Å²) in [5.74, 6) is 0.161. The Balaban J connectivity index is 1.75. The molecule has 0 amide bonds. The zero-order valence-electron chi connectivity index (χ0n) is 10.9. The molecule has 2 aliphatic rings. The quantitative estimate of drug-likeness (QED) is 0.787. The summed E-state index contributed by atoms with van der Waals surface area (Å²) in [7, 11) is 0. The van der Waals surface area contributed by atoms with Crippen molar-refractivity contribution in [3.8, 4) is 0 Å². The molecule has 0 aromatic carbocycles. The van der Waals surface area contributed by atoms with Crippen LogP contribution in [0, 0.1) is 5.92 Å². The predicted molar refractivity (Wildman–Crippen MR) is 68.4 cm³/mol. The van der Waals surface area contributed by atoms with Gasteiger partial charge in [-0.25, -0.2) is 0 Å². The monoisotopic (exact) mass is 253 g/mol. The second kappa shape index (κ2) is 6.32. The van der Waals surface area contributed by atoms with Crippen LogP contribution in [0.5, 0.6) is 0 Å². The maximum absolute atomic E-state index is 12.0. The SMILES string of the molecule is O=C(O)CCCC(=O)C1CCC2CCCCC2N1. The summed E-state index contributed by atoms with van der Waals surface area (Å²) in [5, 5.41) is 12.1. The fraction of sp³-hybridized carbons (Fsp3) is 0.857. The van der Waals surface area contributed by atoms with Crippen molar-refractivity contribution >= 4 is 11.8 Å². The molecule has 2 rings (SSSR count). The fourth-order valence-electron chi connectivity index (χ4n) is 3.34. The van der Waals surface area contributed by atoms with Crippen LogP contribution in [-0.2, 0) is 9.59 Å². The molecule has 2 N–H and O–H groups in total. The van der Waals surface area contributed by atoms with E-state index in [0.717, 1.165) is 18.8 Å². The summed E-state index contributed by atoms with van der Waals surface area (Å²) in [4.78, 5) is 22.4. The second-order valence-corrected chi connectivity index (χ2v) is 5.66. The van der Waals surface area contributed by atoms with Crippen LogP contribution in [-0.4, -0.2) is 28.9 Å². The summed E-state index contributed by atoms with van der Waals surface area (Å²) in [6.07, 6.45) is 8.18. The molecule has 1 aliphatic heterocycles. The van der Waals surface area contributed by atoms with Crippen LogP contribution in [0.25, 0.3) is 0 Å². The number of carbonyl (C=O) groups excluding carboxylic acids is 1. The molecule has 1 aliphatic carbocycles. The highest BCUT2D eigenvalue weighted by molar-refractivity contribution is 5.84. The van der Waals surface area contributed by atoms with E-state index >= 15 is 0 Å². The number of hydrogen-bond donors (Lipinski definition) is 2. The molecule has 0 spiro atoms. The van der Waals surface area contributed by atoms with Gasteiger partial charge in [0.05, 0.1) is 6.04 Å². The molecule has 1 saturated carbocycles. The average Bonchev–Trinajstić information content (AvgIpc) is 2.37. The van der Waals surface area contributed by atoms with Crippen LogP contribution in [0.4, 0.5) is 0 Å². The zero-order chi connectivity index (χ0) is 13.0. The highest BCUT2D eigenvalue weighted by atomic mass is 16.4. The van der Waals surface area contributed by atoms with Gasteiger partial charge in [0.25, 0.3) is 0 Å². The molecule has 0 bridgehead atoms. The number of hydrogen-bond acceptors (Lipinski definition) is 3. The van der Waals surface area contributed by atoms with Gasteiger partial charge in [0, 0.05) is 18.9 Å². The van der Waals surface area contributed by atoms with E-state index in [1.54, 1.807) is 0 Å². The molecule has 102 valence electrons. The normalized spacial score (nSPS) is 31.7. The lowest BCUT2D eigenvalue weighted by Crippen LogP contribution is -2.52. The number of carboxylic acids is 1. The maximum Gasteiger partial charge on any atom is 0.303 e. The Hall–Kier alpha value is -0.900. The molecule has 0 aromatic heterocycles. The minimum absolute atomic E-state index is 0.0156. The fourth-order valence-corrected chi connectivity index (χ4v) is 3.34. The van der Waals surface area contributed by atoms with E-state index in [2.05, 4.69) is 5.32 Å². The van der Waals surface area contributed by atoms with Crippen LogP contribution in [0.2, 0.25) is 0 Å². The van der Waals surface area contributed by atoms with Crippen molar-refractivity contribution in [2.75, 3.05) is 0 Å². The lowest BCUT2D eigenvalue weighted by molar-refractivity contribution is -0.137. The number of fused-ring (bicyclic) bond motifs is 1. The molecule has 3 unspecified atom stereocenters. The summed E-state index contributed by atoms with van der Waals surface area (Å²) < 4.78 is 0. The van der Waals surface area contributed by atoms with Crippen molar-refractivity contribution in [1.29, 1.82) is 0 Å². The predicted octanol–water partition coefficient (Wildman–Crippen LogP) is 2.12. The summed E-state index contributed by atoms with van der Waals surface area (Å²) >= 11 is 0. The summed E-state index contributed by atoms with van der Waals surface area (Å²) in [5.41, 5.74) is 0. The van der Waals surface area contributed by atoms with E-state index in [1.807, 2.05) is 0 Å². The van der Waals surface area contributed by atoms with Crippen LogP contribution in [0.1, 0.15) is 57.8 Å². The maximum atomic E-state index is 12.0. The third-order valence-electron chi connectivity index (χ3n) is 4.35. The van der Waals surface area contributed by atoms with Gasteiger partial charge in [-0.05, 0) is 38.0 Å². The number of nitrogens with one attached hydrogen (secondary N) is 1. The van der Waals surface area contributed by atoms with Crippen molar-refractivity contribution in [3.63, 3.8) is 0 Å². The first kappa shape index (κ1) is 13.5. The largest absolute Gasteiger partial charge is 0.481 e. The molecular formula is C14H23NO3. The number of aliphatic carboxylic acids is 1. The number of carboxylic acid groups (broad SMARTS) is 1. The Kier molecular flexibility index (Phi) is 4.75. The van der Waals surface area contributed by atoms with Gasteiger partial charge in [-0.1, -0.05) is 12.8 Å². The Morgan fingerprint density at radius 1 is 1.06 bits per heavy atom. The van der Waals surface area contributed by atoms with Crippen LogP contribution in [0.3, 0.4) is 0 Å². The van der Waals surface area contributed by atoms with Gasteiger partial charge >= 0.3 is 5.97 Å². The average molecular weight is 253 g/mol. The van der Waals surface area contributed by atoms with Gasteiger partial charge in [0.1, 0.15) is 5.78 Å². The highest BCUT2D eigenvalue weighted by Gasteiger charge is 2.33. The molecule has 2 fully saturated rings. The molecular weight excluding hydrogens is 230 g/mol. The van der Waals surface area contributed by atoms with Gasteiger partial charge < -0.3 is 10.4 Å². The molecule has 4 nitrogen and oxygen atoms in total. The van der Waals surface area contributed by atoms with Crippen molar-refractivity contribution in [2.45, 2.75) is 69.9 Å². The lowest BCUT2D eigenvalue weighted by atomic mass is 9.77. The number of piperidine rings is 1. The van der Waals surface area contributed by atoms with Gasteiger partial charge in [-0.3, -0.25) is 9.59 Å². The third-order valence-corrected chi connectivity index (χ3v) is 4.35. The minimum Gasteiger partial charge on any atom is -0.481 e. The molecule has 1 heterocycles. The number of ketones is 1. The van der Waals surface area contributed by atoms with Crippen LogP contribution in [0.15, 0.2) is 0 Å². The van der Waals surface area contributed by atoms with E-state index < -0.39 is 5.97 Å². The van der Waals surface area contributed by atoms with Crippen molar-refractivity contribution in [1.82, 2.24) is 5.32 Å². The van der Waals surface area contributed by atoms with Gasteiger partial charge in [0.2, 0.25) is 0 Å². The van der Waals surface area contributed by atoms with E-state index in [9.17, 15) is 9.59 Å². The van der Waals surface area contributed by atoms with Crippen molar-refractivity contribution in [3.05, 3.63) is 0 Å². The lowest BCUT2D eigenvalue weighted by Gasteiger charge is -2.40. The second-order valence-electron chi connectivity index (χ2n) is 5.66. The zero-order valence-corrected chi connectivity index (χ0v) is 10.9. The highest BCUT2D eigenvalue weighted by Crippen LogP contribution is 2.32. The van der Waals surface area contributed by atoms with Gasteiger partial charge in [0.15, 0.2) is 0 Å². The molecule has 3 atom stereocenters. The Morgan fingerprint density at radius 2 is 1.83 bits per heavy atom. The first-order valence-electron chi connectivity index (χ1n) is 7.17.